The quantitative estimate of drug-likeness (QED) is 0.323. The van der Waals surface area contributed by atoms with Crippen molar-refractivity contribution in [3.63, 3.8) is 0 Å². The van der Waals surface area contributed by atoms with Crippen LogP contribution in [0.1, 0.15) is 31.8 Å². The van der Waals surface area contributed by atoms with Gasteiger partial charge in [0, 0.05) is 39.8 Å². The predicted molar refractivity (Wildman–Crippen MR) is 113 cm³/mol. The number of ketones is 1. The van der Waals surface area contributed by atoms with Crippen molar-refractivity contribution >= 4 is 33.3 Å². The van der Waals surface area contributed by atoms with Crippen LogP contribution in [0.5, 0.6) is 0 Å². The summed E-state index contributed by atoms with van der Waals surface area (Å²) >= 11 is 3.36. The average Bonchev–Trinajstić information content (AvgIpc) is 2.73. The second kappa shape index (κ2) is 9.25. The van der Waals surface area contributed by atoms with Crippen molar-refractivity contribution in [3.8, 4) is 0 Å². The molecule has 7 heteroatoms. The molecular weight excluding hydrogens is 436 g/mol. The molecule has 29 heavy (non-hydrogen) atoms. The fourth-order valence-electron chi connectivity index (χ4n) is 2.78. The number of nitrogens with zero attached hydrogens (tertiary/aromatic N) is 1. The van der Waals surface area contributed by atoms with E-state index in [1.165, 1.54) is 24.3 Å². The lowest BCUT2D eigenvalue weighted by Crippen LogP contribution is -2.25. The number of nitrogens with one attached hydrogen (secondary N) is 1. The van der Waals surface area contributed by atoms with E-state index in [0.717, 1.165) is 10.0 Å². The normalized spacial score (nSPS) is 10.4. The fourth-order valence-corrected chi connectivity index (χ4v) is 3.18. The number of amides is 1. The van der Waals surface area contributed by atoms with Crippen molar-refractivity contribution in [2.24, 2.45) is 0 Å². The van der Waals surface area contributed by atoms with Gasteiger partial charge < -0.3 is 5.32 Å². The van der Waals surface area contributed by atoms with Crippen LogP contribution in [-0.2, 0) is 6.42 Å². The molecule has 0 aromatic heterocycles. The third-order valence-electron chi connectivity index (χ3n) is 4.34. The Hall–Kier alpha value is -3.32. The first-order chi connectivity index (χ1) is 13.9. The SMILES string of the molecule is O=C(NCCc1ccc(C(=O)c2cccc(Br)c2)cc1)c1ccc([N+](=O)[O-])cc1. The standard InChI is InChI=1S/C22H17BrN2O4/c23-19-3-1-2-18(14-19)21(26)16-6-4-15(5-7-16)12-13-24-22(27)17-8-10-20(11-9-17)25(28)29/h1-11,14H,12-13H2,(H,24,27). The topological polar surface area (TPSA) is 89.3 Å². The van der Waals surface area contributed by atoms with Crippen molar-refractivity contribution in [2.45, 2.75) is 6.42 Å². The Kier molecular flexibility index (Phi) is 6.51. The Morgan fingerprint density at radius 2 is 1.55 bits per heavy atom. The maximum Gasteiger partial charge on any atom is 0.269 e. The lowest BCUT2D eigenvalue weighted by atomic mass is 10.0. The molecule has 0 aliphatic rings. The Morgan fingerprint density at radius 1 is 0.897 bits per heavy atom. The highest BCUT2D eigenvalue weighted by atomic mass is 79.9. The molecule has 1 N–H and O–H groups in total. The van der Waals surface area contributed by atoms with Gasteiger partial charge in [-0.25, -0.2) is 0 Å². The van der Waals surface area contributed by atoms with Crippen molar-refractivity contribution in [1.29, 1.82) is 0 Å². The number of halogens is 1. The first kappa shape index (κ1) is 20.4. The van der Waals surface area contributed by atoms with Gasteiger partial charge >= 0.3 is 0 Å². The Labute approximate surface area is 175 Å². The summed E-state index contributed by atoms with van der Waals surface area (Å²) in [5.74, 6) is -0.342. The van der Waals surface area contributed by atoms with E-state index in [1.54, 1.807) is 24.3 Å². The van der Waals surface area contributed by atoms with E-state index in [2.05, 4.69) is 21.2 Å². The van der Waals surface area contributed by atoms with Crippen molar-refractivity contribution in [2.75, 3.05) is 6.54 Å². The van der Waals surface area contributed by atoms with Gasteiger partial charge in [-0.3, -0.25) is 19.7 Å². The number of rotatable bonds is 7. The van der Waals surface area contributed by atoms with E-state index in [9.17, 15) is 19.7 Å². The zero-order chi connectivity index (χ0) is 20.8. The van der Waals surface area contributed by atoms with E-state index >= 15 is 0 Å². The highest BCUT2D eigenvalue weighted by molar-refractivity contribution is 9.10. The molecular formula is C22H17BrN2O4. The number of carbonyl (C=O) groups excluding carboxylic acids is 2. The van der Waals surface area contributed by atoms with E-state index < -0.39 is 4.92 Å². The van der Waals surface area contributed by atoms with Gasteiger partial charge in [0.25, 0.3) is 11.6 Å². The first-order valence-corrected chi connectivity index (χ1v) is 9.65. The van der Waals surface area contributed by atoms with E-state index in [1.807, 2.05) is 24.3 Å². The molecule has 6 nitrogen and oxygen atoms in total. The predicted octanol–water partition coefficient (Wildman–Crippen LogP) is 4.56. The van der Waals surface area contributed by atoms with Crippen LogP contribution in [0.25, 0.3) is 0 Å². The van der Waals surface area contributed by atoms with E-state index in [4.69, 9.17) is 0 Å². The molecule has 0 spiro atoms. The number of hydrogen-bond donors (Lipinski definition) is 1. The summed E-state index contributed by atoms with van der Waals surface area (Å²) in [5, 5.41) is 13.4. The van der Waals surface area contributed by atoms with E-state index in [-0.39, 0.29) is 17.4 Å². The summed E-state index contributed by atoms with van der Waals surface area (Å²) in [6, 6.07) is 20.0. The van der Waals surface area contributed by atoms with Crippen LogP contribution in [0.2, 0.25) is 0 Å². The molecule has 3 rings (SSSR count). The van der Waals surface area contributed by atoms with Crippen LogP contribution in [0.4, 0.5) is 5.69 Å². The zero-order valence-corrected chi connectivity index (χ0v) is 16.9. The maximum atomic E-state index is 12.5. The Balaban J connectivity index is 1.54. The lowest BCUT2D eigenvalue weighted by Gasteiger charge is -2.07. The minimum absolute atomic E-state index is 0.0516. The summed E-state index contributed by atoms with van der Waals surface area (Å²) < 4.78 is 0.851. The molecule has 146 valence electrons. The number of carbonyl (C=O) groups is 2. The monoisotopic (exact) mass is 452 g/mol. The molecule has 3 aromatic carbocycles. The van der Waals surface area contributed by atoms with E-state index in [0.29, 0.717) is 29.7 Å². The van der Waals surface area contributed by atoms with Crippen LogP contribution < -0.4 is 5.32 Å². The van der Waals surface area contributed by atoms with Gasteiger partial charge in [0.1, 0.15) is 0 Å². The summed E-state index contributed by atoms with van der Waals surface area (Å²) in [6.45, 7) is 0.411. The molecule has 1 amide bonds. The smallest absolute Gasteiger partial charge is 0.269 e. The van der Waals surface area contributed by atoms with Gasteiger partial charge in [-0.2, -0.15) is 0 Å². The minimum atomic E-state index is -0.507. The Bertz CT molecular complexity index is 1050. The van der Waals surface area contributed by atoms with Crippen LogP contribution in [0.3, 0.4) is 0 Å². The number of non-ortho nitro benzene ring substituents is 1. The highest BCUT2D eigenvalue weighted by Gasteiger charge is 2.10. The van der Waals surface area contributed by atoms with Gasteiger partial charge in [0.05, 0.1) is 4.92 Å². The first-order valence-electron chi connectivity index (χ1n) is 8.86. The van der Waals surface area contributed by atoms with Crippen molar-refractivity contribution < 1.29 is 14.5 Å². The second-order valence-corrected chi connectivity index (χ2v) is 7.26. The largest absolute Gasteiger partial charge is 0.352 e. The average molecular weight is 453 g/mol. The number of hydrogen-bond acceptors (Lipinski definition) is 4. The van der Waals surface area contributed by atoms with Crippen LogP contribution >= 0.6 is 15.9 Å². The van der Waals surface area contributed by atoms with Gasteiger partial charge in [0.15, 0.2) is 5.78 Å². The zero-order valence-electron chi connectivity index (χ0n) is 15.3. The molecule has 0 bridgehead atoms. The number of nitro benzene ring substituents is 1. The summed E-state index contributed by atoms with van der Waals surface area (Å²) in [6.07, 6.45) is 0.601. The summed E-state index contributed by atoms with van der Waals surface area (Å²) in [7, 11) is 0. The molecule has 0 aliphatic carbocycles. The molecule has 0 unspecified atom stereocenters. The lowest BCUT2D eigenvalue weighted by molar-refractivity contribution is -0.384. The van der Waals surface area contributed by atoms with Crippen LogP contribution in [0.15, 0.2) is 77.3 Å². The molecule has 0 heterocycles. The van der Waals surface area contributed by atoms with Gasteiger partial charge in [-0.05, 0) is 36.2 Å². The molecule has 0 fully saturated rings. The minimum Gasteiger partial charge on any atom is -0.352 e. The summed E-state index contributed by atoms with van der Waals surface area (Å²) in [5.41, 5.74) is 2.51. The number of nitro groups is 1. The second-order valence-electron chi connectivity index (χ2n) is 6.35. The third-order valence-corrected chi connectivity index (χ3v) is 4.84. The van der Waals surface area contributed by atoms with Crippen LogP contribution in [0, 0.1) is 10.1 Å². The van der Waals surface area contributed by atoms with Gasteiger partial charge in [-0.15, -0.1) is 0 Å². The molecule has 0 radical (unpaired) electrons. The van der Waals surface area contributed by atoms with Crippen molar-refractivity contribution in [3.05, 3.63) is 110 Å². The molecule has 0 saturated heterocycles. The van der Waals surface area contributed by atoms with Gasteiger partial charge in [0.2, 0.25) is 0 Å². The van der Waals surface area contributed by atoms with Crippen LogP contribution in [-0.4, -0.2) is 23.2 Å². The fraction of sp³-hybridized carbons (Fsp3) is 0.0909. The Morgan fingerprint density at radius 3 is 2.17 bits per heavy atom. The molecule has 0 aliphatic heterocycles. The van der Waals surface area contributed by atoms with Gasteiger partial charge in [-0.1, -0.05) is 52.3 Å². The third kappa shape index (κ3) is 5.36. The van der Waals surface area contributed by atoms with Crippen molar-refractivity contribution in [1.82, 2.24) is 5.32 Å². The maximum absolute atomic E-state index is 12.5. The number of benzene rings is 3. The highest BCUT2D eigenvalue weighted by Crippen LogP contribution is 2.16. The molecule has 0 atom stereocenters. The molecule has 3 aromatic rings. The molecule has 0 saturated carbocycles. The summed E-state index contributed by atoms with van der Waals surface area (Å²) in [4.78, 5) is 34.8.